The van der Waals surface area contributed by atoms with Crippen LogP contribution in [0.5, 0.6) is 17.2 Å². The lowest BCUT2D eigenvalue weighted by Gasteiger charge is -2.71. The number of benzene rings is 1. The summed E-state index contributed by atoms with van der Waals surface area (Å²) in [6.45, 7) is 8.50. The number of carboxylic acids is 2. The van der Waals surface area contributed by atoms with Gasteiger partial charge in [-0.2, -0.15) is 0 Å². The van der Waals surface area contributed by atoms with Crippen molar-refractivity contribution in [2.24, 2.45) is 50.2 Å². The van der Waals surface area contributed by atoms with Crippen LogP contribution in [-0.4, -0.2) is 371 Å². The van der Waals surface area contributed by atoms with Gasteiger partial charge in [0.1, 0.15) is 110 Å². The summed E-state index contributed by atoms with van der Waals surface area (Å²) in [7, 11) is 4.12. The van der Waals surface area contributed by atoms with Crippen LogP contribution in [0.1, 0.15) is 132 Å². The fraction of sp³-hybridized carbons (Fsp3) is 0.817. The number of esters is 3. The number of carbonyl (C=O) groups is 5. The maximum Gasteiger partial charge on any atom is 0.331 e. The molecule has 1 aromatic rings. The maximum absolute atomic E-state index is 16.4. The van der Waals surface area contributed by atoms with E-state index in [4.69, 9.17) is 80.5 Å². The molecule has 5 aliphatic carbocycles. The summed E-state index contributed by atoms with van der Waals surface area (Å²) in [4.78, 5) is 69.6. The van der Waals surface area contributed by atoms with E-state index >= 15 is 4.79 Å². The molecule has 0 amide bonds. The van der Waals surface area contributed by atoms with Crippen molar-refractivity contribution in [1.82, 2.24) is 0 Å². The number of carbonyl (C=O) groups excluding carboxylic acids is 3. The molecule has 696 valence electrons. The summed E-state index contributed by atoms with van der Waals surface area (Å²) in [5.41, 5.74) is -10.6. The number of carboxylic acid groups (broad SMARTS) is 2. The van der Waals surface area contributed by atoms with Crippen molar-refractivity contribution in [1.29, 1.82) is 0 Å². The first-order valence-electron chi connectivity index (χ1n) is 41.5. The smallest absolute Gasteiger partial charge is 0.331 e. The number of ether oxygens (including phenoxy) is 17. The van der Waals surface area contributed by atoms with Gasteiger partial charge in [-0.3, -0.25) is 19.2 Å². The van der Waals surface area contributed by atoms with E-state index in [9.17, 15) is 116 Å². The number of rotatable bonds is 28. The summed E-state index contributed by atoms with van der Waals surface area (Å²) in [6, 6.07) is 3.02. The van der Waals surface area contributed by atoms with E-state index < -0.39 is 316 Å². The van der Waals surface area contributed by atoms with E-state index in [1.807, 2.05) is 33.8 Å². The van der Waals surface area contributed by atoms with Crippen LogP contribution in [0.3, 0.4) is 0 Å². The zero-order chi connectivity index (χ0) is 90.2. The molecule has 19 N–H and O–H groups in total. The first-order valence-corrected chi connectivity index (χ1v) is 41.5. The molecule has 0 spiro atoms. The molecule has 1 aromatic carbocycles. The zero-order valence-electron chi connectivity index (χ0n) is 70.3. The highest BCUT2D eigenvalue weighted by Crippen LogP contribution is 2.76. The van der Waals surface area contributed by atoms with Crippen LogP contribution in [0.2, 0.25) is 0 Å². The SMILES string of the molecule is COc1cc(C=CC(=O)O[C@H]2[C@@H](O)[C@@H](C)O[C@@H](OC(=O)[C@]34CCC(C)(C)C[C@H]3C3=CC[C@@H]5[C@@]6(C)C[C@H](O)[C@H](O[C@@H]7O[C@H](CO)[C@@H](O)[C@H](O)[C@H]7O)[C@@](C)(C(=O)O)[C@@H]6CC[C@@]5(C)[C@]3(CO)CC4)[C@@H]2O[C@@H]2O[C@@H](C)[C@H](O[C@@H]3OC[C@@H](O[C@@H]4O[C@H](CO)[C@H](O)[C@H](O)[C@H]4O)[C@H](O)[C@H]3O)[C@@H](O[C@@H]3OC[C@](O)(COC(=O)C[C@@](C)(O)CC(=O)O)[C@H]3O)[C@H]2O)cc(OC)c1OC. The van der Waals surface area contributed by atoms with Crippen molar-refractivity contribution in [3.63, 3.8) is 0 Å². The Morgan fingerprint density at radius 1 is 0.585 bits per heavy atom. The van der Waals surface area contributed by atoms with Crippen molar-refractivity contribution in [2.45, 2.75) is 309 Å². The van der Waals surface area contributed by atoms with Gasteiger partial charge in [-0.25, -0.2) is 4.79 Å². The normalized spacial score (nSPS) is 45.9. The summed E-state index contributed by atoms with van der Waals surface area (Å²) in [5.74, 6) is -7.39. The first-order chi connectivity index (χ1) is 57.7. The second-order valence-corrected chi connectivity index (χ2v) is 36.9. The minimum atomic E-state index is -2.56. The lowest BCUT2D eigenvalue weighted by atomic mass is 9.33. The molecule has 41 heteroatoms. The van der Waals surface area contributed by atoms with Gasteiger partial charge in [0.2, 0.25) is 12.0 Å². The highest BCUT2D eigenvalue weighted by molar-refractivity contribution is 5.87. The molecule has 123 heavy (non-hydrogen) atoms. The molecule has 6 heterocycles. The van der Waals surface area contributed by atoms with Crippen LogP contribution in [0.4, 0.5) is 0 Å². The molecule has 41 nitrogen and oxygen atoms in total. The second kappa shape index (κ2) is 37.1. The molecule has 0 radical (unpaired) electrons. The average molecular weight is 1760 g/mol. The molecule has 10 fully saturated rings. The van der Waals surface area contributed by atoms with Crippen molar-refractivity contribution >= 4 is 35.9 Å². The average Bonchev–Trinajstić information content (AvgIpc) is 0.981. The van der Waals surface area contributed by atoms with Gasteiger partial charge in [0, 0.05) is 11.5 Å². The number of hydrogen-bond acceptors (Lipinski definition) is 39. The molecule has 0 bridgehead atoms. The Balaban J connectivity index is 0.872. The van der Waals surface area contributed by atoms with Crippen LogP contribution in [-0.2, 0) is 90.3 Å². The minimum Gasteiger partial charge on any atom is -0.493 e. The third-order valence-corrected chi connectivity index (χ3v) is 28.6. The van der Waals surface area contributed by atoms with Crippen LogP contribution in [0.25, 0.3) is 6.08 Å². The van der Waals surface area contributed by atoms with Gasteiger partial charge in [0.25, 0.3) is 0 Å². The highest BCUT2D eigenvalue weighted by Gasteiger charge is 2.74. The fourth-order valence-electron chi connectivity index (χ4n) is 21.6. The van der Waals surface area contributed by atoms with E-state index in [-0.39, 0.29) is 55.8 Å². The van der Waals surface area contributed by atoms with Gasteiger partial charge in [-0.05, 0) is 143 Å². The molecule has 0 aromatic heterocycles. The topological polar surface area (TPSA) is 627 Å². The Morgan fingerprint density at radius 2 is 1.17 bits per heavy atom. The van der Waals surface area contributed by atoms with Gasteiger partial charge in [-0.15, -0.1) is 0 Å². The molecule has 11 aliphatic rings. The number of aliphatic carboxylic acids is 2. The highest BCUT2D eigenvalue weighted by atomic mass is 16.8. The molecule has 38 atom stereocenters. The molecule has 4 saturated carbocycles. The Morgan fingerprint density at radius 3 is 1.76 bits per heavy atom. The second-order valence-electron chi connectivity index (χ2n) is 36.9. The number of aliphatic hydroxyl groups is 17. The summed E-state index contributed by atoms with van der Waals surface area (Å²) in [6.07, 6.45) is -47.8. The zero-order valence-corrected chi connectivity index (χ0v) is 70.3. The summed E-state index contributed by atoms with van der Waals surface area (Å²) in [5, 5.41) is 213. The number of hydrogen-bond donors (Lipinski definition) is 19. The number of aliphatic hydroxyl groups excluding tert-OH is 15. The van der Waals surface area contributed by atoms with Crippen LogP contribution in [0, 0.1) is 50.2 Å². The summed E-state index contributed by atoms with van der Waals surface area (Å²) >= 11 is 0. The van der Waals surface area contributed by atoms with E-state index in [0.29, 0.717) is 24.8 Å². The molecule has 0 unspecified atom stereocenters. The largest absolute Gasteiger partial charge is 0.493 e. The molecule has 6 aliphatic heterocycles. The number of allylic oxidation sites excluding steroid dienone is 1. The predicted molar refractivity (Wildman–Crippen MR) is 408 cm³/mol. The Kier molecular flexibility index (Phi) is 29.0. The predicted octanol–water partition coefficient (Wildman–Crippen LogP) is -3.59. The van der Waals surface area contributed by atoms with Crippen molar-refractivity contribution < 1.29 is 202 Å². The van der Waals surface area contributed by atoms with Crippen LogP contribution < -0.4 is 14.2 Å². The quantitative estimate of drug-likeness (QED) is 0.0127. The maximum atomic E-state index is 16.4. The van der Waals surface area contributed by atoms with Crippen molar-refractivity contribution in [3.05, 3.63) is 35.4 Å². The monoisotopic (exact) mass is 1760 g/mol. The van der Waals surface area contributed by atoms with Gasteiger partial charge >= 0.3 is 29.8 Å². The Hall–Kier alpha value is -5.67. The van der Waals surface area contributed by atoms with Gasteiger partial charge < -0.3 is 178 Å². The van der Waals surface area contributed by atoms with E-state index in [0.717, 1.165) is 18.6 Å². The van der Waals surface area contributed by atoms with Crippen molar-refractivity contribution in [2.75, 3.05) is 61.0 Å². The van der Waals surface area contributed by atoms with E-state index in [2.05, 4.69) is 0 Å². The third kappa shape index (κ3) is 17.9. The van der Waals surface area contributed by atoms with Crippen LogP contribution in [0.15, 0.2) is 29.9 Å². The number of methoxy groups -OCH3 is 3. The summed E-state index contributed by atoms with van der Waals surface area (Å²) < 4.78 is 102. The van der Waals surface area contributed by atoms with Gasteiger partial charge in [0.15, 0.2) is 60.8 Å². The van der Waals surface area contributed by atoms with Gasteiger partial charge in [0.05, 0.1) is 102 Å². The molecular formula is C82H122O41. The standard InChI is InChI=1S/C82H122O41/c1-34-50(91)62(118-48(89)15-12-36-22-40(107-9)61(109-11)41(23-36)108-10)64(121-70-59(100)63(120-72-65(101)82(106,33-112-72)32-111-49(90)27-76(5,105)26-47(87)88)60(35(2)114-70)119-67-56(97)53(94)44(30-110-67)117-68-57(98)54(95)51(92)42(28-83)115-68)71(113-34)123-74(104)80-19-18-75(3,4)24-38(80)37-13-14-45-77(6)25-39(86)66(122-69-58(99)55(96)52(93)43(29-84)116-69)79(8,73(102)103)46(77)16-17-78(45,7)81(37,31-85)21-20-80/h12-13,15,22-23,34-35,38-39,42-46,50-60,62-72,83-86,91-101,105-106H,14,16-21,24-33H2,1-11H3,(H,87,88)(H,102,103)/t34-,35+,38+,39+,42-,43-,44-,45-,46-,50+,51+,52-,53+,54+,55+,56-,57-,58-,59-,60+,62+,63+,64-,65+,66+,67+,68+,69+,70+,71+,72+,76+,77-,78-,79+,80+,81+,82-/m1/s1. The Bertz CT molecular complexity index is 3930. The first kappa shape index (κ1) is 96.4. The molecule has 6 saturated heterocycles. The van der Waals surface area contributed by atoms with Crippen LogP contribution >= 0.6 is 0 Å². The lowest BCUT2D eigenvalue weighted by molar-refractivity contribution is -0.388. The fourth-order valence-corrected chi connectivity index (χ4v) is 21.6. The van der Waals surface area contributed by atoms with Crippen molar-refractivity contribution in [3.8, 4) is 17.2 Å². The Labute approximate surface area is 708 Å². The van der Waals surface area contributed by atoms with Gasteiger partial charge in [-0.1, -0.05) is 39.3 Å². The lowest BCUT2D eigenvalue weighted by Crippen LogP contribution is -2.71. The molecule has 12 rings (SSSR count). The minimum absolute atomic E-state index is 0.0459. The third-order valence-electron chi connectivity index (χ3n) is 28.6. The van der Waals surface area contributed by atoms with E-state index in [1.54, 1.807) is 0 Å². The number of fused-ring (bicyclic) bond motifs is 7. The van der Waals surface area contributed by atoms with E-state index in [1.165, 1.54) is 60.3 Å². The molecular weight excluding hydrogens is 1640 g/mol.